The minimum Gasteiger partial charge on any atom is -0.412 e. The van der Waals surface area contributed by atoms with Crippen LogP contribution in [-0.4, -0.2) is 98.9 Å². The molecular weight excluding hydrogens is 901 g/mol. The van der Waals surface area contributed by atoms with Crippen LogP contribution >= 0.6 is 0 Å². The van der Waals surface area contributed by atoms with Gasteiger partial charge in [0.05, 0.1) is 0 Å². The van der Waals surface area contributed by atoms with Crippen LogP contribution < -0.4 is 0 Å². The fraction of sp³-hybridized carbons (Fsp3) is 1.00. The molecule has 0 aromatic heterocycles. The molecule has 20 N–H and O–H groups in total. The average Bonchev–Trinajstić information content (AvgIpc) is 2.36. The van der Waals surface area contributed by atoms with E-state index in [9.17, 15) is 40.9 Å². The maximum absolute atomic E-state index is 9.87. The van der Waals surface area contributed by atoms with Crippen LogP contribution in [0, 0.1) is 21.7 Å². The van der Waals surface area contributed by atoms with Crippen LogP contribution in [0.3, 0.4) is 0 Å². The molecule has 0 amide bonds. The minimum atomic E-state index is -1.82. The third-order valence-corrected chi connectivity index (χ3v) is 6.42. The Balaban J connectivity index is -0.0000000411. The summed E-state index contributed by atoms with van der Waals surface area (Å²) < 4.78 is 0. The molecular formula is C14H36Cu8O14. The van der Waals surface area contributed by atoms with E-state index < -0.39 is 46.8 Å². The first-order valence-corrected chi connectivity index (χ1v) is 7.46. The van der Waals surface area contributed by atoms with Crippen LogP contribution in [0.15, 0.2) is 0 Å². The Kier molecular flexibility index (Phi) is 56.5. The first-order chi connectivity index (χ1) is 10.0. The van der Waals surface area contributed by atoms with Gasteiger partial charge < -0.3 is 73.7 Å². The van der Waals surface area contributed by atoms with Gasteiger partial charge >= 0.3 is 0 Å². The molecule has 4 saturated carbocycles. The molecule has 8 radical (unpaired) electrons. The summed E-state index contributed by atoms with van der Waals surface area (Å²) >= 11 is 0. The van der Waals surface area contributed by atoms with Crippen molar-refractivity contribution in [2.45, 2.75) is 63.7 Å². The molecule has 0 atom stereocenters. The van der Waals surface area contributed by atoms with E-state index in [-0.39, 0.29) is 208 Å². The van der Waals surface area contributed by atoms with Gasteiger partial charge in [-0.05, 0) is 38.5 Å². The van der Waals surface area contributed by atoms with Crippen LogP contribution in [0.1, 0.15) is 38.5 Å². The SMILES string of the molecule is O.O.O.O.O.O.OC(O)C12CC3(C(O)O)CC(C(O)O)(C1)CC(C(O)O)(C2)C3.[Cu].[Cu].[Cu].[Cu].[Cu].[Cu].[Cu].[Cu]. The molecule has 14 nitrogen and oxygen atoms in total. The maximum Gasteiger partial charge on any atom is 0.157 e. The van der Waals surface area contributed by atoms with E-state index in [4.69, 9.17) is 0 Å². The number of aliphatic hydroxyl groups excluding tert-OH is 4. The Hall–Kier alpha value is 3.60. The summed E-state index contributed by atoms with van der Waals surface area (Å²) in [7, 11) is 0. The number of hydrogen-bond acceptors (Lipinski definition) is 8. The molecule has 0 aliphatic heterocycles. The van der Waals surface area contributed by atoms with Gasteiger partial charge in [0.2, 0.25) is 0 Å². The van der Waals surface area contributed by atoms with Gasteiger partial charge in [-0.15, -0.1) is 0 Å². The van der Waals surface area contributed by atoms with Crippen molar-refractivity contribution in [3.05, 3.63) is 0 Å². The van der Waals surface area contributed by atoms with E-state index in [1.807, 2.05) is 0 Å². The molecule has 0 spiro atoms. The summed E-state index contributed by atoms with van der Waals surface area (Å²) in [6.07, 6.45) is -6.78. The van der Waals surface area contributed by atoms with Gasteiger partial charge in [-0.2, -0.15) is 0 Å². The molecule has 0 aromatic rings. The predicted octanol–water partition coefficient (Wildman–Crippen LogP) is -7.41. The van der Waals surface area contributed by atoms with Crippen molar-refractivity contribution in [1.82, 2.24) is 0 Å². The summed E-state index contributed by atoms with van der Waals surface area (Å²) in [5.41, 5.74) is -4.87. The van der Waals surface area contributed by atoms with Crippen LogP contribution in [0.2, 0.25) is 0 Å². The Morgan fingerprint density at radius 2 is 0.361 bits per heavy atom. The van der Waals surface area contributed by atoms with Gasteiger partial charge in [0.25, 0.3) is 0 Å². The molecule has 22 heteroatoms. The largest absolute Gasteiger partial charge is 0.412 e. The quantitative estimate of drug-likeness (QED) is 0.0987. The monoisotopic (exact) mass is 932 g/mol. The van der Waals surface area contributed by atoms with Gasteiger partial charge in [0, 0.05) is 158 Å². The Bertz CT molecular complexity index is 375. The van der Waals surface area contributed by atoms with Crippen molar-refractivity contribution < 1.29 is 210 Å². The van der Waals surface area contributed by atoms with Gasteiger partial charge in [-0.1, -0.05) is 0 Å². The Morgan fingerprint density at radius 3 is 0.417 bits per heavy atom. The zero-order valence-corrected chi connectivity index (χ0v) is 25.1. The smallest absolute Gasteiger partial charge is 0.157 e. The second-order valence-electron chi connectivity index (χ2n) is 8.00. The first kappa shape index (κ1) is 77.5. The van der Waals surface area contributed by atoms with Crippen molar-refractivity contribution in [2.75, 3.05) is 0 Å². The Labute approximate surface area is 292 Å². The van der Waals surface area contributed by atoms with E-state index in [0.29, 0.717) is 0 Å². The van der Waals surface area contributed by atoms with Gasteiger partial charge in [-0.3, -0.25) is 0 Å². The van der Waals surface area contributed by atoms with E-state index in [1.54, 1.807) is 0 Å². The molecule has 4 aliphatic rings. The van der Waals surface area contributed by atoms with E-state index in [1.165, 1.54) is 0 Å². The van der Waals surface area contributed by atoms with Gasteiger partial charge in [-0.25, -0.2) is 0 Å². The van der Waals surface area contributed by atoms with Crippen molar-refractivity contribution in [3.63, 3.8) is 0 Å². The fourth-order valence-electron chi connectivity index (χ4n) is 6.05. The fourth-order valence-corrected chi connectivity index (χ4v) is 6.05. The van der Waals surface area contributed by atoms with E-state index >= 15 is 0 Å². The molecule has 0 saturated heterocycles. The minimum absolute atomic E-state index is 0. The maximum atomic E-state index is 9.87. The van der Waals surface area contributed by atoms with Crippen molar-refractivity contribution >= 4 is 0 Å². The summed E-state index contributed by atoms with van der Waals surface area (Å²) in [5, 5.41) is 79.0. The topological polar surface area (TPSA) is 351 Å². The number of aliphatic hydroxyl groups is 8. The van der Waals surface area contributed by atoms with E-state index in [0.717, 1.165) is 0 Å². The van der Waals surface area contributed by atoms with Crippen LogP contribution in [-0.2, 0) is 137 Å². The van der Waals surface area contributed by atoms with Crippen LogP contribution in [0.4, 0.5) is 0 Å². The molecule has 264 valence electrons. The predicted molar refractivity (Wildman–Crippen MR) is 92.0 cm³/mol. The molecule has 4 bridgehead atoms. The van der Waals surface area contributed by atoms with Crippen molar-refractivity contribution in [3.8, 4) is 0 Å². The van der Waals surface area contributed by atoms with Crippen molar-refractivity contribution in [2.24, 2.45) is 21.7 Å². The van der Waals surface area contributed by atoms with E-state index in [2.05, 4.69) is 0 Å². The summed E-state index contributed by atoms with van der Waals surface area (Å²) in [6.45, 7) is 0. The number of hydrogen-bond donors (Lipinski definition) is 8. The second kappa shape index (κ2) is 26.2. The zero-order valence-electron chi connectivity index (χ0n) is 17.5. The summed E-state index contributed by atoms with van der Waals surface area (Å²) in [5.74, 6) is 0. The third kappa shape index (κ3) is 12.4. The summed E-state index contributed by atoms with van der Waals surface area (Å²) in [6, 6.07) is 0. The van der Waals surface area contributed by atoms with Crippen molar-refractivity contribution in [1.29, 1.82) is 0 Å². The summed E-state index contributed by atoms with van der Waals surface area (Å²) in [4.78, 5) is 0. The standard InChI is InChI=1S/C14H24O8.8Cu.6H2O/c15-7(16)11-1-12(8(17)18)4-13(2-11,9(19)20)6-14(3-11,5-12)10(21)22;;;;;;;;;;;;;;/h7-10,15-22H,1-6H2;;;;;;;;;6*1H2. The molecule has 0 unspecified atom stereocenters. The molecule has 4 aliphatic carbocycles. The molecule has 36 heavy (non-hydrogen) atoms. The van der Waals surface area contributed by atoms with Crippen LogP contribution in [0.5, 0.6) is 0 Å². The molecule has 4 rings (SSSR count). The van der Waals surface area contributed by atoms with Gasteiger partial charge in [0.1, 0.15) is 0 Å². The third-order valence-electron chi connectivity index (χ3n) is 6.42. The first-order valence-electron chi connectivity index (χ1n) is 7.46. The van der Waals surface area contributed by atoms with Gasteiger partial charge in [0.15, 0.2) is 25.2 Å². The molecule has 4 fully saturated rings. The molecule has 0 heterocycles. The normalized spacial score (nSPS) is 29.0. The Morgan fingerprint density at radius 1 is 0.278 bits per heavy atom. The van der Waals surface area contributed by atoms with Crippen LogP contribution in [0.25, 0.3) is 0 Å². The zero-order chi connectivity index (χ0) is 16.6. The average molecular weight is 937 g/mol. The number of rotatable bonds is 4. The molecule has 0 aromatic carbocycles. The second-order valence-corrected chi connectivity index (χ2v) is 8.00.